The Morgan fingerprint density at radius 3 is 2.70 bits per heavy atom. The van der Waals surface area contributed by atoms with Crippen molar-refractivity contribution in [3.8, 4) is 0 Å². The fourth-order valence-electron chi connectivity index (χ4n) is 2.09. The van der Waals surface area contributed by atoms with Crippen molar-refractivity contribution in [1.29, 1.82) is 0 Å². The topological polar surface area (TPSA) is 56.7 Å². The van der Waals surface area contributed by atoms with E-state index in [0.717, 1.165) is 29.2 Å². The van der Waals surface area contributed by atoms with Crippen LogP contribution in [-0.4, -0.2) is 19.7 Å². The van der Waals surface area contributed by atoms with Crippen LogP contribution in [0.1, 0.15) is 25.6 Å². The quantitative estimate of drug-likeness (QED) is 0.674. The molecule has 0 aliphatic rings. The van der Waals surface area contributed by atoms with Gasteiger partial charge >= 0.3 is 0 Å². The van der Waals surface area contributed by atoms with Gasteiger partial charge in [0, 0.05) is 13.0 Å². The van der Waals surface area contributed by atoms with Crippen molar-refractivity contribution in [2.24, 2.45) is 0 Å². The predicted octanol–water partition coefficient (Wildman–Crippen LogP) is 3.29. The van der Waals surface area contributed by atoms with Gasteiger partial charge < -0.3 is 8.98 Å². The molecule has 3 rings (SSSR count). The molecule has 104 valence electrons. The highest BCUT2D eigenvalue weighted by molar-refractivity contribution is 7.98. The first kappa shape index (κ1) is 13.2. The molecule has 0 aliphatic carbocycles. The molecule has 0 aliphatic heterocycles. The predicted molar refractivity (Wildman–Crippen MR) is 78.6 cm³/mol. The molecular formula is C14H16N4OS. The van der Waals surface area contributed by atoms with Gasteiger partial charge in [-0.25, -0.2) is 4.98 Å². The van der Waals surface area contributed by atoms with E-state index in [-0.39, 0.29) is 0 Å². The molecule has 0 N–H and O–H groups in total. The zero-order valence-corrected chi connectivity index (χ0v) is 12.4. The van der Waals surface area contributed by atoms with E-state index in [1.165, 1.54) is 0 Å². The van der Waals surface area contributed by atoms with Crippen LogP contribution < -0.4 is 0 Å². The normalized spacial score (nSPS) is 11.3. The van der Waals surface area contributed by atoms with Crippen LogP contribution >= 0.6 is 11.8 Å². The van der Waals surface area contributed by atoms with Crippen molar-refractivity contribution < 1.29 is 4.42 Å². The first-order chi connectivity index (χ1) is 9.81. The molecule has 0 radical (unpaired) electrons. The summed E-state index contributed by atoms with van der Waals surface area (Å²) in [7, 11) is 0. The van der Waals surface area contributed by atoms with Gasteiger partial charge in [0.05, 0.1) is 16.8 Å². The zero-order chi connectivity index (χ0) is 13.9. The maximum Gasteiger partial charge on any atom is 0.226 e. The van der Waals surface area contributed by atoms with E-state index < -0.39 is 0 Å². The molecule has 1 aromatic carbocycles. The third kappa shape index (κ3) is 2.43. The molecule has 2 heterocycles. The van der Waals surface area contributed by atoms with E-state index in [4.69, 9.17) is 4.42 Å². The second kappa shape index (κ2) is 5.66. The minimum Gasteiger partial charge on any atom is -0.424 e. The van der Waals surface area contributed by atoms with Crippen molar-refractivity contribution in [3.63, 3.8) is 0 Å². The van der Waals surface area contributed by atoms with Gasteiger partial charge in [0.1, 0.15) is 0 Å². The maximum absolute atomic E-state index is 5.52. The average molecular weight is 288 g/mol. The summed E-state index contributed by atoms with van der Waals surface area (Å²) in [5, 5.41) is 9.00. The number of thioether (sulfide) groups is 1. The van der Waals surface area contributed by atoms with Crippen molar-refractivity contribution in [3.05, 3.63) is 36.0 Å². The summed E-state index contributed by atoms with van der Waals surface area (Å²) in [5.41, 5.74) is 2.19. The lowest BCUT2D eigenvalue weighted by Crippen LogP contribution is -1.96. The number of nitrogens with zero attached hydrogens (tertiary/aromatic N) is 4. The first-order valence-corrected chi connectivity index (χ1v) is 7.69. The highest BCUT2D eigenvalue weighted by Gasteiger charge is 2.11. The molecule has 6 heteroatoms. The number of hydrogen-bond acceptors (Lipinski definition) is 5. The standard InChI is InChI=1S/C14H16N4OS/c1-3-12-16-17-13(19-12)9-20-14-15-10-7-5-6-8-11(10)18(14)4-2/h5-8H,3-4,9H2,1-2H3. The lowest BCUT2D eigenvalue weighted by Gasteiger charge is -2.03. The second-order valence-corrected chi connectivity index (χ2v) is 5.30. The first-order valence-electron chi connectivity index (χ1n) is 6.71. The van der Waals surface area contributed by atoms with Crippen molar-refractivity contribution >= 4 is 22.8 Å². The highest BCUT2D eigenvalue weighted by Crippen LogP contribution is 2.26. The zero-order valence-electron chi connectivity index (χ0n) is 11.5. The number of rotatable bonds is 5. The molecule has 2 aromatic heterocycles. The molecular weight excluding hydrogens is 272 g/mol. The molecule has 0 spiro atoms. The number of benzene rings is 1. The van der Waals surface area contributed by atoms with Crippen molar-refractivity contribution in [2.45, 2.75) is 37.7 Å². The van der Waals surface area contributed by atoms with E-state index in [2.05, 4.69) is 32.7 Å². The van der Waals surface area contributed by atoms with E-state index in [1.807, 2.05) is 25.1 Å². The number of para-hydroxylation sites is 2. The Balaban J connectivity index is 1.83. The van der Waals surface area contributed by atoms with Gasteiger partial charge in [-0.15, -0.1) is 10.2 Å². The Bertz CT molecular complexity index is 719. The van der Waals surface area contributed by atoms with Crippen molar-refractivity contribution in [2.75, 3.05) is 0 Å². The molecule has 0 atom stereocenters. The largest absolute Gasteiger partial charge is 0.424 e. The minimum absolute atomic E-state index is 0.649. The molecule has 20 heavy (non-hydrogen) atoms. The fourth-order valence-corrected chi connectivity index (χ4v) is 3.00. The number of fused-ring (bicyclic) bond motifs is 1. The molecule has 0 amide bonds. The van der Waals surface area contributed by atoms with Gasteiger partial charge in [-0.2, -0.15) is 0 Å². The molecule has 0 saturated carbocycles. The van der Waals surface area contributed by atoms with Crippen LogP contribution in [0.4, 0.5) is 0 Å². The minimum atomic E-state index is 0.649. The van der Waals surface area contributed by atoms with E-state index >= 15 is 0 Å². The lowest BCUT2D eigenvalue weighted by atomic mass is 10.3. The van der Waals surface area contributed by atoms with Gasteiger partial charge in [-0.05, 0) is 19.1 Å². The van der Waals surface area contributed by atoms with Gasteiger partial charge in [0.2, 0.25) is 11.8 Å². The van der Waals surface area contributed by atoms with Crippen LogP contribution in [0.2, 0.25) is 0 Å². The molecule has 0 saturated heterocycles. The van der Waals surface area contributed by atoms with Crippen LogP contribution in [0, 0.1) is 0 Å². The summed E-state index contributed by atoms with van der Waals surface area (Å²) in [5.74, 6) is 1.99. The smallest absolute Gasteiger partial charge is 0.226 e. The Morgan fingerprint density at radius 2 is 1.95 bits per heavy atom. The van der Waals surface area contributed by atoms with Gasteiger partial charge in [-0.3, -0.25) is 0 Å². The number of imidazole rings is 1. The summed E-state index contributed by atoms with van der Waals surface area (Å²) in [6, 6.07) is 8.18. The summed E-state index contributed by atoms with van der Waals surface area (Å²) < 4.78 is 7.73. The van der Waals surface area contributed by atoms with Crippen LogP contribution in [-0.2, 0) is 18.7 Å². The highest BCUT2D eigenvalue weighted by atomic mass is 32.2. The number of aromatic nitrogens is 4. The Labute approximate surface area is 121 Å². The maximum atomic E-state index is 5.52. The van der Waals surface area contributed by atoms with E-state index in [0.29, 0.717) is 17.5 Å². The van der Waals surface area contributed by atoms with Crippen LogP contribution in [0.3, 0.4) is 0 Å². The summed E-state index contributed by atoms with van der Waals surface area (Å²) >= 11 is 1.63. The van der Waals surface area contributed by atoms with E-state index in [9.17, 15) is 0 Å². The number of aryl methyl sites for hydroxylation is 2. The SMILES string of the molecule is CCc1nnc(CSc2nc3ccccc3n2CC)o1. The van der Waals surface area contributed by atoms with E-state index in [1.54, 1.807) is 11.8 Å². The second-order valence-electron chi connectivity index (χ2n) is 4.36. The van der Waals surface area contributed by atoms with Crippen LogP contribution in [0.5, 0.6) is 0 Å². The molecule has 0 unspecified atom stereocenters. The Hall–Kier alpha value is -1.82. The Kier molecular flexibility index (Phi) is 3.73. The van der Waals surface area contributed by atoms with Gasteiger partial charge in [-0.1, -0.05) is 30.8 Å². The number of hydrogen-bond donors (Lipinski definition) is 0. The third-order valence-electron chi connectivity index (χ3n) is 3.07. The monoisotopic (exact) mass is 288 g/mol. The Morgan fingerprint density at radius 1 is 1.15 bits per heavy atom. The molecule has 0 bridgehead atoms. The third-order valence-corrected chi connectivity index (χ3v) is 4.03. The molecule has 5 nitrogen and oxygen atoms in total. The summed E-state index contributed by atoms with van der Waals surface area (Å²) in [4.78, 5) is 4.66. The van der Waals surface area contributed by atoms with Crippen LogP contribution in [0.15, 0.2) is 33.8 Å². The molecule has 3 aromatic rings. The lowest BCUT2D eigenvalue weighted by molar-refractivity contribution is 0.469. The van der Waals surface area contributed by atoms with Crippen molar-refractivity contribution in [1.82, 2.24) is 19.7 Å². The fraction of sp³-hybridized carbons (Fsp3) is 0.357. The summed E-state index contributed by atoms with van der Waals surface area (Å²) in [6.45, 7) is 5.02. The molecule has 0 fully saturated rings. The average Bonchev–Trinajstić information content (AvgIpc) is 3.08. The van der Waals surface area contributed by atoms with Gasteiger partial charge in [0.15, 0.2) is 5.16 Å². The van der Waals surface area contributed by atoms with Gasteiger partial charge in [0.25, 0.3) is 0 Å². The van der Waals surface area contributed by atoms with Crippen LogP contribution in [0.25, 0.3) is 11.0 Å². The summed E-state index contributed by atoms with van der Waals surface area (Å²) in [6.07, 6.45) is 0.769.